The van der Waals surface area contributed by atoms with Crippen LogP contribution in [0.15, 0.2) is 48.5 Å². The molecule has 0 radical (unpaired) electrons. The summed E-state index contributed by atoms with van der Waals surface area (Å²) in [7, 11) is 0. The van der Waals surface area contributed by atoms with Crippen LogP contribution in [0.4, 0.5) is 24.5 Å². The number of nitrogens with zero attached hydrogens (tertiary/aromatic N) is 1. The lowest BCUT2D eigenvalue weighted by atomic mass is 10.2. The predicted molar refractivity (Wildman–Crippen MR) is 79.9 cm³/mol. The molecular weight excluding hydrogens is 323 g/mol. The lowest BCUT2D eigenvalue weighted by Gasteiger charge is -2.09. The summed E-state index contributed by atoms with van der Waals surface area (Å²) in [5.74, 6) is -2.11. The van der Waals surface area contributed by atoms with Gasteiger partial charge in [0.25, 0.3) is 0 Å². The van der Waals surface area contributed by atoms with Crippen molar-refractivity contribution < 1.29 is 22.8 Å². The summed E-state index contributed by atoms with van der Waals surface area (Å²) in [5, 5.41) is 13.3. The lowest BCUT2D eigenvalue weighted by Crippen LogP contribution is -2.29. The van der Waals surface area contributed by atoms with Gasteiger partial charge >= 0.3 is 18.0 Å². The highest BCUT2D eigenvalue weighted by Crippen LogP contribution is 2.29. The molecule has 0 fully saturated rings. The molecule has 2 amide bonds. The first-order valence-electron chi connectivity index (χ1n) is 6.60. The SMILES string of the molecule is N#Cc1ccccc1NC(=O)C(=O)Nc1ccc(C(F)(F)F)cc1. The molecule has 2 aromatic rings. The number of hydrogen-bond acceptors (Lipinski definition) is 3. The van der Waals surface area contributed by atoms with E-state index in [4.69, 9.17) is 5.26 Å². The minimum atomic E-state index is -4.49. The molecule has 0 bridgehead atoms. The van der Waals surface area contributed by atoms with Gasteiger partial charge in [-0.2, -0.15) is 18.4 Å². The van der Waals surface area contributed by atoms with Gasteiger partial charge in [0.2, 0.25) is 0 Å². The fraction of sp³-hybridized carbons (Fsp3) is 0.0625. The Hall–Kier alpha value is -3.34. The van der Waals surface area contributed by atoms with Crippen molar-refractivity contribution in [3.05, 3.63) is 59.7 Å². The Balaban J connectivity index is 2.04. The maximum absolute atomic E-state index is 12.4. The molecule has 0 heterocycles. The van der Waals surface area contributed by atoms with E-state index in [9.17, 15) is 22.8 Å². The monoisotopic (exact) mass is 333 g/mol. The van der Waals surface area contributed by atoms with Crippen molar-refractivity contribution in [3.63, 3.8) is 0 Å². The average Bonchev–Trinajstić information content (AvgIpc) is 2.55. The Morgan fingerprint density at radius 2 is 1.50 bits per heavy atom. The van der Waals surface area contributed by atoms with E-state index in [0.29, 0.717) is 0 Å². The Morgan fingerprint density at radius 3 is 2.08 bits per heavy atom. The van der Waals surface area contributed by atoms with E-state index < -0.39 is 23.6 Å². The fourth-order valence-electron chi connectivity index (χ4n) is 1.80. The van der Waals surface area contributed by atoms with E-state index in [1.165, 1.54) is 12.1 Å². The number of para-hydroxylation sites is 1. The van der Waals surface area contributed by atoms with Crippen LogP contribution in [0, 0.1) is 11.3 Å². The average molecular weight is 333 g/mol. The van der Waals surface area contributed by atoms with Crippen LogP contribution in [0.3, 0.4) is 0 Å². The molecule has 24 heavy (non-hydrogen) atoms. The first-order valence-corrected chi connectivity index (χ1v) is 6.60. The summed E-state index contributed by atoms with van der Waals surface area (Å²) in [6.07, 6.45) is -4.49. The molecule has 0 aliphatic rings. The number of nitrogens with one attached hydrogen (secondary N) is 2. The maximum atomic E-state index is 12.4. The molecule has 2 N–H and O–H groups in total. The van der Waals surface area contributed by atoms with Crippen LogP contribution in [-0.4, -0.2) is 11.8 Å². The third-order valence-corrected chi connectivity index (χ3v) is 2.97. The number of benzene rings is 2. The van der Waals surface area contributed by atoms with Crippen LogP contribution in [-0.2, 0) is 15.8 Å². The second-order valence-corrected chi connectivity index (χ2v) is 4.64. The van der Waals surface area contributed by atoms with E-state index in [1.54, 1.807) is 12.1 Å². The van der Waals surface area contributed by atoms with Gasteiger partial charge in [-0.25, -0.2) is 0 Å². The minimum Gasteiger partial charge on any atom is -0.318 e. The van der Waals surface area contributed by atoms with Crippen molar-refractivity contribution in [2.45, 2.75) is 6.18 Å². The van der Waals surface area contributed by atoms with E-state index >= 15 is 0 Å². The molecule has 0 aliphatic heterocycles. The Kier molecular flexibility index (Phi) is 4.84. The van der Waals surface area contributed by atoms with Crippen LogP contribution in [0.5, 0.6) is 0 Å². The number of nitriles is 1. The standard InChI is InChI=1S/C16H10F3N3O2/c17-16(18,19)11-5-7-12(8-6-11)21-14(23)15(24)22-13-4-2-1-3-10(13)9-20/h1-8H,(H,21,23)(H,22,24). The number of hydrogen-bond donors (Lipinski definition) is 2. The van der Waals surface area contributed by atoms with Gasteiger partial charge in [-0.15, -0.1) is 0 Å². The van der Waals surface area contributed by atoms with Gasteiger partial charge in [-0.3, -0.25) is 9.59 Å². The Morgan fingerprint density at radius 1 is 0.917 bits per heavy atom. The van der Waals surface area contributed by atoms with Crippen LogP contribution in [0.2, 0.25) is 0 Å². The number of carbonyl (C=O) groups is 2. The van der Waals surface area contributed by atoms with E-state index in [0.717, 1.165) is 24.3 Å². The maximum Gasteiger partial charge on any atom is 0.416 e. The van der Waals surface area contributed by atoms with Crippen molar-refractivity contribution in [3.8, 4) is 6.07 Å². The molecule has 8 heteroatoms. The summed E-state index contributed by atoms with van der Waals surface area (Å²) in [6, 6.07) is 11.6. The summed E-state index contributed by atoms with van der Waals surface area (Å²) in [4.78, 5) is 23.6. The number of anilines is 2. The van der Waals surface area contributed by atoms with Gasteiger partial charge in [0, 0.05) is 5.69 Å². The van der Waals surface area contributed by atoms with Crippen LogP contribution in [0.25, 0.3) is 0 Å². The van der Waals surface area contributed by atoms with Gasteiger partial charge in [0.15, 0.2) is 0 Å². The van der Waals surface area contributed by atoms with Crippen LogP contribution < -0.4 is 10.6 Å². The molecule has 0 aliphatic carbocycles. The molecule has 0 unspecified atom stereocenters. The van der Waals surface area contributed by atoms with Crippen molar-refractivity contribution in [1.82, 2.24) is 0 Å². The quantitative estimate of drug-likeness (QED) is 0.828. The minimum absolute atomic E-state index is 0.0386. The van der Waals surface area contributed by atoms with Gasteiger partial charge < -0.3 is 10.6 Å². The van der Waals surface area contributed by atoms with E-state index in [-0.39, 0.29) is 16.9 Å². The zero-order valence-electron chi connectivity index (χ0n) is 12.0. The number of rotatable bonds is 2. The number of alkyl halides is 3. The third-order valence-electron chi connectivity index (χ3n) is 2.97. The highest BCUT2D eigenvalue weighted by Gasteiger charge is 2.30. The Bertz CT molecular complexity index is 809. The number of carbonyl (C=O) groups excluding carboxylic acids is 2. The Labute approximate surface area is 134 Å². The third kappa shape index (κ3) is 4.10. The van der Waals surface area contributed by atoms with Gasteiger partial charge in [0.05, 0.1) is 16.8 Å². The largest absolute Gasteiger partial charge is 0.416 e. The zero-order valence-corrected chi connectivity index (χ0v) is 12.0. The molecule has 2 aromatic carbocycles. The second kappa shape index (κ2) is 6.83. The number of halogens is 3. The van der Waals surface area contributed by atoms with Crippen LogP contribution >= 0.6 is 0 Å². The molecule has 122 valence electrons. The summed E-state index contributed by atoms with van der Waals surface area (Å²) < 4.78 is 37.3. The van der Waals surface area contributed by atoms with Gasteiger partial charge in [-0.05, 0) is 36.4 Å². The normalized spacial score (nSPS) is 10.6. The molecule has 2 rings (SSSR count). The molecule has 0 aromatic heterocycles. The van der Waals surface area contributed by atoms with Gasteiger partial charge in [0.1, 0.15) is 6.07 Å². The van der Waals surface area contributed by atoms with Crippen molar-refractivity contribution in [2.24, 2.45) is 0 Å². The summed E-state index contributed by atoms with van der Waals surface area (Å²) >= 11 is 0. The predicted octanol–water partition coefficient (Wildman–Crippen LogP) is 3.15. The molecule has 0 saturated heterocycles. The molecule has 5 nitrogen and oxygen atoms in total. The van der Waals surface area contributed by atoms with Crippen molar-refractivity contribution in [2.75, 3.05) is 10.6 Å². The lowest BCUT2D eigenvalue weighted by molar-refractivity contribution is -0.137. The molecular formula is C16H10F3N3O2. The highest BCUT2D eigenvalue weighted by atomic mass is 19.4. The van der Waals surface area contributed by atoms with Crippen molar-refractivity contribution in [1.29, 1.82) is 5.26 Å². The number of amides is 2. The fourth-order valence-corrected chi connectivity index (χ4v) is 1.80. The smallest absolute Gasteiger partial charge is 0.318 e. The topological polar surface area (TPSA) is 82.0 Å². The second-order valence-electron chi connectivity index (χ2n) is 4.64. The van der Waals surface area contributed by atoms with Crippen LogP contribution in [0.1, 0.15) is 11.1 Å². The molecule has 0 spiro atoms. The summed E-state index contributed by atoms with van der Waals surface area (Å²) in [6.45, 7) is 0. The highest BCUT2D eigenvalue weighted by molar-refractivity contribution is 6.43. The van der Waals surface area contributed by atoms with E-state index in [2.05, 4.69) is 10.6 Å². The first-order chi connectivity index (χ1) is 11.3. The van der Waals surface area contributed by atoms with Crippen molar-refractivity contribution >= 4 is 23.2 Å². The zero-order chi connectivity index (χ0) is 17.7. The first kappa shape index (κ1) is 17.0. The van der Waals surface area contributed by atoms with E-state index in [1.807, 2.05) is 6.07 Å². The molecule has 0 saturated carbocycles. The molecule has 0 atom stereocenters. The van der Waals surface area contributed by atoms with Gasteiger partial charge in [-0.1, -0.05) is 12.1 Å². The summed E-state index contributed by atoms with van der Waals surface area (Å²) in [5.41, 5.74) is -0.495.